The zero-order valence-electron chi connectivity index (χ0n) is 20.5. The molecule has 4 aliphatic carbocycles. The summed E-state index contributed by atoms with van der Waals surface area (Å²) in [7, 11) is 1.46. The van der Waals surface area contributed by atoms with Crippen molar-refractivity contribution in [2.45, 2.75) is 91.4 Å². The molecular formula is C26H43N3O3. The standard InChI is InChI=1S/C26H43N3O3/c1-16(8-13-23(30)32-4)19-11-12-20-18-10-9-17-7-5-6-14-25(17,2)21(18)15-22(26(19,20)3)28-29-24(27)31/h16-21H,5-15H2,1-4H3,(H3,27,29,31)/b28-22+/t16-,17-,18+,19+,20-,21+,25-,26+/m0/s1. The second-order valence-corrected chi connectivity index (χ2v) is 11.7. The maximum atomic E-state index is 11.8. The Morgan fingerprint density at radius 3 is 2.66 bits per heavy atom. The van der Waals surface area contributed by atoms with Crippen molar-refractivity contribution in [3.63, 3.8) is 0 Å². The van der Waals surface area contributed by atoms with Gasteiger partial charge in [0, 0.05) is 17.5 Å². The maximum Gasteiger partial charge on any atom is 0.332 e. The van der Waals surface area contributed by atoms with Gasteiger partial charge in [-0.25, -0.2) is 10.2 Å². The summed E-state index contributed by atoms with van der Waals surface area (Å²) in [6.45, 7) is 7.24. The number of carbonyl (C=O) groups is 2. The highest BCUT2D eigenvalue weighted by molar-refractivity contribution is 5.93. The lowest BCUT2D eigenvalue weighted by atomic mass is 9.44. The Bertz CT molecular complexity index is 767. The van der Waals surface area contributed by atoms with Crippen molar-refractivity contribution in [2.24, 2.45) is 57.2 Å². The van der Waals surface area contributed by atoms with Crippen LogP contribution >= 0.6 is 0 Å². The second-order valence-electron chi connectivity index (χ2n) is 11.7. The number of methoxy groups -OCH3 is 1. The monoisotopic (exact) mass is 445 g/mol. The van der Waals surface area contributed by atoms with E-state index in [1.807, 2.05) is 0 Å². The molecule has 4 fully saturated rings. The summed E-state index contributed by atoms with van der Waals surface area (Å²) in [6.07, 6.45) is 12.8. The average molecular weight is 446 g/mol. The summed E-state index contributed by atoms with van der Waals surface area (Å²) in [5, 5.41) is 4.70. The number of hydrazone groups is 1. The van der Waals surface area contributed by atoms with E-state index >= 15 is 0 Å². The van der Waals surface area contributed by atoms with Crippen LogP contribution in [0.5, 0.6) is 0 Å². The minimum absolute atomic E-state index is 0.0446. The van der Waals surface area contributed by atoms with Crippen LogP contribution in [0.3, 0.4) is 0 Å². The van der Waals surface area contributed by atoms with Gasteiger partial charge in [0.15, 0.2) is 0 Å². The van der Waals surface area contributed by atoms with Crippen molar-refractivity contribution in [2.75, 3.05) is 7.11 Å². The van der Waals surface area contributed by atoms with Gasteiger partial charge in [-0.05, 0) is 92.3 Å². The summed E-state index contributed by atoms with van der Waals surface area (Å²) in [6, 6.07) is -0.585. The molecule has 0 aromatic heterocycles. The Labute approximate surface area is 193 Å². The molecule has 2 amide bonds. The third-order valence-electron chi connectivity index (χ3n) is 10.6. The molecule has 0 spiro atoms. The van der Waals surface area contributed by atoms with Crippen LogP contribution in [0.2, 0.25) is 0 Å². The lowest BCUT2D eigenvalue weighted by molar-refractivity contribution is -0.141. The normalized spacial score (nSPS) is 43.0. The van der Waals surface area contributed by atoms with Gasteiger partial charge < -0.3 is 10.5 Å². The molecule has 3 N–H and O–H groups in total. The van der Waals surface area contributed by atoms with E-state index in [1.165, 1.54) is 58.5 Å². The fourth-order valence-electron chi connectivity index (χ4n) is 8.90. The summed E-state index contributed by atoms with van der Waals surface area (Å²) in [5.41, 5.74) is 9.54. The molecule has 8 atom stereocenters. The molecule has 0 aliphatic heterocycles. The SMILES string of the molecule is COC(=O)CC[C@H](C)[C@H]1CC[C@H]2[C@H]3CC[C@@H]4CCCC[C@]4(C)[C@@H]3C/C(=N\NC(N)=O)[C@]12C. The average Bonchev–Trinajstić information content (AvgIpc) is 3.13. The van der Waals surface area contributed by atoms with Crippen molar-refractivity contribution in [1.82, 2.24) is 5.43 Å². The van der Waals surface area contributed by atoms with E-state index in [2.05, 4.69) is 26.2 Å². The molecule has 6 heteroatoms. The molecule has 0 aromatic rings. The van der Waals surface area contributed by atoms with Crippen molar-refractivity contribution < 1.29 is 14.3 Å². The number of fused-ring (bicyclic) bond motifs is 5. The number of urea groups is 1. The van der Waals surface area contributed by atoms with E-state index < -0.39 is 6.03 Å². The highest BCUT2D eigenvalue weighted by atomic mass is 16.5. The number of esters is 1. The molecule has 4 aliphatic rings. The molecule has 0 saturated heterocycles. The largest absolute Gasteiger partial charge is 0.469 e. The minimum Gasteiger partial charge on any atom is -0.469 e. The Kier molecular flexibility index (Phi) is 6.61. The molecular weight excluding hydrogens is 402 g/mol. The smallest absolute Gasteiger partial charge is 0.332 e. The van der Waals surface area contributed by atoms with Crippen molar-refractivity contribution in [3.05, 3.63) is 0 Å². The van der Waals surface area contributed by atoms with Gasteiger partial charge >= 0.3 is 12.0 Å². The molecule has 0 aromatic carbocycles. The van der Waals surface area contributed by atoms with Crippen LogP contribution in [0.25, 0.3) is 0 Å². The minimum atomic E-state index is -0.585. The number of nitrogens with one attached hydrogen (secondary N) is 1. The molecule has 32 heavy (non-hydrogen) atoms. The summed E-state index contributed by atoms with van der Waals surface area (Å²) >= 11 is 0. The van der Waals surface area contributed by atoms with E-state index in [9.17, 15) is 9.59 Å². The number of primary amides is 1. The third-order valence-corrected chi connectivity index (χ3v) is 10.6. The van der Waals surface area contributed by atoms with Crippen LogP contribution in [0.15, 0.2) is 5.10 Å². The number of nitrogens with two attached hydrogens (primary N) is 1. The molecule has 6 nitrogen and oxygen atoms in total. The first-order chi connectivity index (χ1) is 15.2. The molecule has 180 valence electrons. The number of carbonyl (C=O) groups excluding carboxylic acids is 2. The zero-order valence-corrected chi connectivity index (χ0v) is 20.5. The van der Waals surface area contributed by atoms with Gasteiger partial charge in [0.05, 0.1) is 7.11 Å². The van der Waals surface area contributed by atoms with E-state index in [0.717, 1.165) is 30.4 Å². The van der Waals surface area contributed by atoms with Crippen LogP contribution in [0, 0.1) is 46.3 Å². The van der Waals surface area contributed by atoms with Gasteiger partial charge in [0.1, 0.15) is 0 Å². The van der Waals surface area contributed by atoms with Crippen molar-refractivity contribution in [1.29, 1.82) is 0 Å². The number of ether oxygens (including phenoxy) is 1. The van der Waals surface area contributed by atoms with Gasteiger partial charge in [0.2, 0.25) is 0 Å². The number of rotatable bonds is 5. The predicted molar refractivity (Wildman–Crippen MR) is 126 cm³/mol. The van der Waals surface area contributed by atoms with Crippen molar-refractivity contribution in [3.8, 4) is 0 Å². The summed E-state index contributed by atoms with van der Waals surface area (Å²) in [4.78, 5) is 23.4. The number of hydrogen-bond donors (Lipinski definition) is 2. The van der Waals surface area contributed by atoms with Gasteiger partial charge in [-0.2, -0.15) is 5.10 Å². The van der Waals surface area contributed by atoms with Gasteiger partial charge in [-0.1, -0.05) is 33.6 Å². The Morgan fingerprint density at radius 2 is 1.94 bits per heavy atom. The molecule has 0 heterocycles. The Morgan fingerprint density at radius 1 is 1.16 bits per heavy atom. The van der Waals surface area contributed by atoms with E-state index in [-0.39, 0.29) is 11.4 Å². The van der Waals surface area contributed by atoms with Crippen molar-refractivity contribution >= 4 is 17.7 Å². The van der Waals surface area contributed by atoms with Crippen LogP contribution in [0.1, 0.15) is 91.4 Å². The molecule has 0 radical (unpaired) electrons. The molecule has 0 bridgehead atoms. The highest BCUT2D eigenvalue weighted by Gasteiger charge is 2.62. The fraction of sp³-hybridized carbons (Fsp3) is 0.885. The Hall–Kier alpha value is -1.59. The topological polar surface area (TPSA) is 93.8 Å². The van der Waals surface area contributed by atoms with Gasteiger partial charge in [0.25, 0.3) is 0 Å². The number of amides is 2. The van der Waals surface area contributed by atoms with Gasteiger partial charge in [-0.15, -0.1) is 0 Å². The summed E-state index contributed by atoms with van der Waals surface area (Å²) in [5.74, 6) is 3.56. The maximum absolute atomic E-state index is 11.8. The molecule has 0 unspecified atom stereocenters. The Balaban J connectivity index is 1.65. The van der Waals surface area contributed by atoms with Crippen LogP contribution in [-0.2, 0) is 9.53 Å². The number of hydrogen-bond acceptors (Lipinski definition) is 4. The highest BCUT2D eigenvalue weighted by Crippen LogP contribution is 2.67. The quantitative estimate of drug-likeness (QED) is 0.446. The first-order valence-corrected chi connectivity index (χ1v) is 12.9. The van der Waals surface area contributed by atoms with E-state index in [1.54, 1.807) is 0 Å². The number of nitrogens with zero attached hydrogens (tertiary/aromatic N) is 1. The van der Waals surface area contributed by atoms with E-state index in [0.29, 0.717) is 35.5 Å². The van der Waals surface area contributed by atoms with Crippen LogP contribution in [-0.4, -0.2) is 24.8 Å². The zero-order chi connectivity index (χ0) is 23.1. The second kappa shape index (κ2) is 8.98. The third kappa shape index (κ3) is 3.86. The van der Waals surface area contributed by atoms with E-state index in [4.69, 9.17) is 15.6 Å². The first-order valence-electron chi connectivity index (χ1n) is 12.9. The fourth-order valence-corrected chi connectivity index (χ4v) is 8.90. The van der Waals surface area contributed by atoms with Crippen LogP contribution in [0.4, 0.5) is 4.79 Å². The lowest BCUT2D eigenvalue weighted by Gasteiger charge is -2.61. The molecule has 4 saturated carbocycles. The van der Waals surface area contributed by atoms with Gasteiger partial charge in [-0.3, -0.25) is 4.79 Å². The first kappa shape index (κ1) is 23.6. The van der Waals surface area contributed by atoms with Crippen LogP contribution < -0.4 is 11.2 Å². The molecule has 4 rings (SSSR count). The predicted octanol–water partition coefficient (Wildman–Crippen LogP) is 5.26. The lowest BCUT2D eigenvalue weighted by Crippen LogP contribution is -2.57. The summed E-state index contributed by atoms with van der Waals surface area (Å²) < 4.78 is 4.89.